The first-order valence-corrected chi connectivity index (χ1v) is 7.11. The Balaban J connectivity index is 1.94. The molecule has 0 atom stereocenters. The number of carbonyl (C=O) groups is 1. The molecular weight excluding hydrogens is 296 g/mol. The fourth-order valence-corrected chi connectivity index (χ4v) is 2.39. The lowest BCUT2D eigenvalue weighted by Gasteiger charge is -2.18. The van der Waals surface area contributed by atoms with Crippen molar-refractivity contribution < 1.29 is 9.72 Å². The van der Waals surface area contributed by atoms with E-state index in [9.17, 15) is 14.9 Å². The standard InChI is InChI=1S/C13H17ClN4O3/c14-11-8-10(18(20)21)2-3-12(11)16-13(19)9-17-6-1-4-15-5-7-17/h2-3,8,15H,1,4-7,9H2,(H,16,19). The van der Waals surface area contributed by atoms with Gasteiger partial charge in [0.05, 0.1) is 22.2 Å². The number of anilines is 1. The fraction of sp³-hybridized carbons (Fsp3) is 0.462. The van der Waals surface area contributed by atoms with Crippen LogP contribution in [0.5, 0.6) is 0 Å². The second-order valence-corrected chi connectivity index (χ2v) is 5.26. The average molecular weight is 313 g/mol. The molecule has 0 unspecified atom stereocenters. The summed E-state index contributed by atoms with van der Waals surface area (Å²) in [6.45, 7) is 3.81. The zero-order valence-electron chi connectivity index (χ0n) is 11.5. The van der Waals surface area contributed by atoms with Gasteiger partial charge in [0, 0.05) is 25.2 Å². The highest BCUT2D eigenvalue weighted by Gasteiger charge is 2.15. The Morgan fingerprint density at radius 2 is 2.24 bits per heavy atom. The molecule has 2 rings (SSSR count). The number of benzene rings is 1. The van der Waals surface area contributed by atoms with Gasteiger partial charge in [0.2, 0.25) is 5.91 Å². The predicted octanol–water partition coefficient (Wildman–Crippen LogP) is 1.48. The first-order valence-electron chi connectivity index (χ1n) is 6.73. The highest BCUT2D eigenvalue weighted by molar-refractivity contribution is 6.34. The van der Waals surface area contributed by atoms with Crippen LogP contribution in [0.4, 0.5) is 11.4 Å². The lowest BCUT2D eigenvalue weighted by Crippen LogP contribution is -2.35. The van der Waals surface area contributed by atoms with Gasteiger partial charge in [-0.25, -0.2) is 0 Å². The minimum Gasteiger partial charge on any atom is -0.324 e. The Morgan fingerprint density at radius 1 is 1.43 bits per heavy atom. The molecule has 1 amide bonds. The quantitative estimate of drug-likeness (QED) is 0.649. The zero-order valence-corrected chi connectivity index (χ0v) is 12.2. The third kappa shape index (κ3) is 4.66. The maximum atomic E-state index is 12.0. The van der Waals surface area contributed by atoms with Gasteiger partial charge in [-0.15, -0.1) is 0 Å². The van der Waals surface area contributed by atoms with E-state index in [2.05, 4.69) is 15.5 Å². The van der Waals surface area contributed by atoms with E-state index >= 15 is 0 Å². The van der Waals surface area contributed by atoms with Crippen LogP contribution in [0.25, 0.3) is 0 Å². The molecule has 7 nitrogen and oxygen atoms in total. The molecule has 0 saturated carbocycles. The number of nitrogens with zero attached hydrogens (tertiary/aromatic N) is 2. The van der Waals surface area contributed by atoms with Crippen molar-refractivity contribution in [1.29, 1.82) is 0 Å². The van der Waals surface area contributed by atoms with Crippen molar-refractivity contribution in [2.45, 2.75) is 6.42 Å². The van der Waals surface area contributed by atoms with Crippen LogP contribution in [-0.4, -0.2) is 48.5 Å². The molecule has 1 aliphatic heterocycles. The summed E-state index contributed by atoms with van der Waals surface area (Å²) < 4.78 is 0. The number of nitro benzene ring substituents is 1. The molecule has 114 valence electrons. The Bertz CT molecular complexity index is 530. The fourth-order valence-electron chi connectivity index (χ4n) is 2.17. The molecule has 0 aromatic heterocycles. The number of hydrogen-bond acceptors (Lipinski definition) is 5. The third-order valence-electron chi connectivity index (χ3n) is 3.24. The number of amides is 1. The van der Waals surface area contributed by atoms with E-state index in [4.69, 9.17) is 11.6 Å². The minimum atomic E-state index is -0.526. The second kappa shape index (κ2) is 7.35. The number of rotatable bonds is 4. The van der Waals surface area contributed by atoms with Gasteiger partial charge >= 0.3 is 0 Å². The molecule has 8 heteroatoms. The molecule has 1 aromatic rings. The highest BCUT2D eigenvalue weighted by Crippen LogP contribution is 2.26. The molecular formula is C13H17ClN4O3. The Kier molecular flexibility index (Phi) is 5.49. The van der Waals surface area contributed by atoms with Gasteiger partial charge in [-0.1, -0.05) is 11.6 Å². The molecule has 0 aliphatic carbocycles. The van der Waals surface area contributed by atoms with Crippen LogP contribution in [0.15, 0.2) is 18.2 Å². The molecule has 21 heavy (non-hydrogen) atoms. The van der Waals surface area contributed by atoms with Crippen LogP contribution >= 0.6 is 11.6 Å². The predicted molar refractivity (Wildman–Crippen MR) is 80.7 cm³/mol. The number of non-ortho nitro benzene ring substituents is 1. The van der Waals surface area contributed by atoms with Crippen molar-refractivity contribution in [2.75, 3.05) is 38.0 Å². The smallest absolute Gasteiger partial charge is 0.271 e. The molecule has 1 saturated heterocycles. The van der Waals surface area contributed by atoms with E-state index in [0.717, 1.165) is 32.6 Å². The van der Waals surface area contributed by atoms with Crippen LogP contribution in [0.3, 0.4) is 0 Å². The Morgan fingerprint density at radius 3 is 2.95 bits per heavy atom. The van der Waals surface area contributed by atoms with Crippen molar-refractivity contribution in [1.82, 2.24) is 10.2 Å². The normalized spacial score (nSPS) is 16.2. The van der Waals surface area contributed by atoms with E-state index in [1.54, 1.807) is 0 Å². The van der Waals surface area contributed by atoms with Gasteiger partial charge in [-0.3, -0.25) is 19.8 Å². The Labute approximate surface area is 127 Å². The van der Waals surface area contributed by atoms with Gasteiger partial charge in [-0.2, -0.15) is 0 Å². The summed E-state index contributed by atoms with van der Waals surface area (Å²) in [7, 11) is 0. The van der Waals surface area contributed by atoms with E-state index in [0.29, 0.717) is 5.69 Å². The number of hydrogen-bond donors (Lipinski definition) is 2. The lowest BCUT2D eigenvalue weighted by molar-refractivity contribution is -0.384. The van der Waals surface area contributed by atoms with Crippen molar-refractivity contribution in [3.63, 3.8) is 0 Å². The lowest BCUT2D eigenvalue weighted by atomic mass is 10.2. The number of halogens is 1. The van der Waals surface area contributed by atoms with Crippen molar-refractivity contribution in [2.24, 2.45) is 0 Å². The summed E-state index contributed by atoms with van der Waals surface area (Å²) in [6.07, 6.45) is 1.01. The molecule has 1 aromatic carbocycles. The topological polar surface area (TPSA) is 87.5 Å². The highest BCUT2D eigenvalue weighted by atomic mass is 35.5. The van der Waals surface area contributed by atoms with Crippen molar-refractivity contribution in [3.05, 3.63) is 33.3 Å². The maximum absolute atomic E-state index is 12.0. The summed E-state index contributed by atoms with van der Waals surface area (Å²) in [5.41, 5.74) is 0.289. The summed E-state index contributed by atoms with van der Waals surface area (Å²) in [5.74, 6) is -0.173. The van der Waals surface area contributed by atoms with E-state index in [1.807, 2.05) is 0 Å². The summed E-state index contributed by atoms with van der Waals surface area (Å²) >= 11 is 5.94. The molecule has 1 fully saturated rings. The van der Waals surface area contributed by atoms with Crippen molar-refractivity contribution >= 4 is 28.9 Å². The molecule has 1 aliphatic rings. The number of nitro groups is 1. The van der Waals surface area contributed by atoms with E-state index < -0.39 is 4.92 Å². The first-order chi connectivity index (χ1) is 10.1. The number of carbonyl (C=O) groups excluding carboxylic acids is 1. The number of nitrogens with one attached hydrogen (secondary N) is 2. The van der Waals surface area contributed by atoms with Crippen molar-refractivity contribution in [3.8, 4) is 0 Å². The molecule has 0 spiro atoms. The van der Waals surface area contributed by atoms with Gasteiger partial charge in [0.1, 0.15) is 0 Å². The largest absolute Gasteiger partial charge is 0.324 e. The van der Waals surface area contributed by atoms with Crippen LogP contribution in [0, 0.1) is 10.1 Å². The van der Waals surface area contributed by atoms with Gasteiger partial charge in [0.15, 0.2) is 0 Å². The zero-order chi connectivity index (χ0) is 15.2. The molecule has 2 N–H and O–H groups in total. The molecule has 0 radical (unpaired) electrons. The Hall–Kier alpha value is -1.70. The SMILES string of the molecule is O=C(CN1CCCNCC1)Nc1ccc([N+](=O)[O-])cc1Cl. The van der Waals surface area contributed by atoms with E-state index in [1.165, 1.54) is 18.2 Å². The summed E-state index contributed by atoms with van der Waals surface area (Å²) in [6, 6.07) is 3.99. The van der Waals surface area contributed by atoms with Gasteiger partial charge in [0.25, 0.3) is 5.69 Å². The third-order valence-corrected chi connectivity index (χ3v) is 3.55. The minimum absolute atomic E-state index is 0.100. The van der Waals surface area contributed by atoms with Crippen LogP contribution in [0.1, 0.15) is 6.42 Å². The maximum Gasteiger partial charge on any atom is 0.271 e. The first kappa shape index (κ1) is 15.7. The van der Waals surface area contributed by atoms with Crippen LogP contribution in [0.2, 0.25) is 5.02 Å². The van der Waals surface area contributed by atoms with Gasteiger partial charge in [-0.05, 0) is 25.6 Å². The second-order valence-electron chi connectivity index (χ2n) is 4.85. The van der Waals surface area contributed by atoms with Crippen LogP contribution < -0.4 is 10.6 Å². The summed E-state index contributed by atoms with van der Waals surface area (Å²) in [5, 5.41) is 16.7. The summed E-state index contributed by atoms with van der Waals surface area (Å²) in [4.78, 5) is 24.2. The molecule has 1 heterocycles. The monoisotopic (exact) mass is 312 g/mol. The molecule has 0 bridgehead atoms. The van der Waals surface area contributed by atoms with Gasteiger partial charge < -0.3 is 10.6 Å². The van der Waals surface area contributed by atoms with E-state index in [-0.39, 0.29) is 23.2 Å². The van der Waals surface area contributed by atoms with Crippen LogP contribution in [-0.2, 0) is 4.79 Å². The average Bonchev–Trinajstić information content (AvgIpc) is 2.69.